The van der Waals surface area contributed by atoms with Crippen LogP contribution >= 0.6 is 0 Å². The highest BCUT2D eigenvalue weighted by molar-refractivity contribution is 5.43. The van der Waals surface area contributed by atoms with Crippen LogP contribution in [0.5, 0.6) is 0 Å². The largest absolute Gasteiger partial charge is 0.368 e. The quantitative estimate of drug-likeness (QED) is 0.910. The summed E-state index contributed by atoms with van der Waals surface area (Å²) in [6.07, 6.45) is 1.05. The molecule has 0 unspecified atom stereocenters. The third-order valence-corrected chi connectivity index (χ3v) is 5.00. The van der Waals surface area contributed by atoms with Gasteiger partial charge in [-0.1, -0.05) is 26.0 Å². The number of nitrogen functional groups attached to an aromatic ring is 1. The van der Waals surface area contributed by atoms with Crippen molar-refractivity contribution < 1.29 is 4.39 Å². The normalized spacial score (nSPS) is 19.0. The van der Waals surface area contributed by atoms with E-state index in [1.54, 1.807) is 0 Å². The number of aryl methyl sites for hydroxylation is 1. The van der Waals surface area contributed by atoms with Crippen LogP contribution in [0.1, 0.15) is 31.5 Å². The second kappa shape index (κ2) is 7.99. The Morgan fingerprint density at radius 2 is 1.92 bits per heavy atom. The van der Waals surface area contributed by atoms with Crippen molar-refractivity contribution in [2.24, 2.45) is 5.92 Å². The summed E-state index contributed by atoms with van der Waals surface area (Å²) in [5, 5.41) is 0. The molecule has 1 aliphatic heterocycles. The number of aromatic nitrogens is 2. The van der Waals surface area contributed by atoms with E-state index in [0.717, 1.165) is 49.7 Å². The van der Waals surface area contributed by atoms with Crippen molar-refractivity contribution in [2.75, 3.05) is 30.3 Å². The van der Waals surface area contributed by atoms with Crippen molar-refractivity contribution in [1.82, 2.24) is 14.9 Å². The lowest BCUT2D eigenvalue weighted by molar-refractivity contribution is 0.161. The molecule has 0 amide bonds. The molecule has 6 heteroatoms. The molecule has 1 aliphatic rings. The van der Waals surface area contributed by atoms with Crippen LogP contribution in [0.15, 0.2) is 30.3 Å². The number of nitrogens with zero attached hydrogens (tertiary/aromatic N) is 4. The van der Waals surface area contributed by atoms with Gasteiger partial charge in [0.15, 0.2) is 0 Å². The van der Waals surface area contributed by atoms with Crippen molar-refractivity contribution in [1.29, 1.82) is 0 Å². The van der Waals surface area contributed by atoms with Gasteiger partial charge in [-0.25, -0.2) is 9.37 Å². The maximum absolute atomic E-state index is 13.2. The van der Waals surface area contributed by atoms with Crippen LogP contribution in [0, 0.1) is 18.7 Å². The predicted octanol–water partition coefficient (Wildman–Crippen LogP) is 3.24. The summed E-state index contributed by atoms with van der Waals surface area (Å²) in [5.41, 5.74) is 7.89. The molecule has 0 aliphatic carbocycles. The Morgan fingerprint density at radius 3 is 2.58 bits per heavy atom. The van der Waals surface area contributed by atoms with E-state index in [4.69, 9.17) is 5.73 Å². The second-order valence-corrected chi connectivity index (χ2v) is 7.43. The van der Waals surface area contributed by atoms with Crippen LogP contribution < -0.4 is 10.6 Å². The minimum atomic E-state index is -0.187. The van der Waals surface area contributed by atoms with Gasteiger partial charge < -0.3 is 10.6 Å². The lowest BCUT2D eigenvalue weighted by Crippen LogP contribution is -2.44. The molecule has 0 spiro atoms. The minimum absolute atomic E-state index is 0.187. The van der Waals surface area contributed by atoms with Crippen LogP contribution in [0.3, 0.4) is 0 Å². The highest BCUT2D eigenvalue weighted by Crippen LogP contribution is 2.23. The molecule has 140 valence electrons. The number of hydrogen-bond acceptors (Lipinski definition) is 5. The first-order valence-corrected chi connectivity index (χ1v) is 9.27. The zero-order valence-corrected chi connectivity index (χ0v) is 15.8. The van der Waals surface area contributed by atoms with E-state index in [2.05, 4.69) is 33.6 Å². The maximum Gasteiger partial charge on any atom is 0.222 e. The minimum Gasteiger partial charge on any atom is -0.368 e. The Hall–Kier alpha value is -2.21. The molecule has 0 radical (unpaired) electrons. The van der Waals surface area contributed by atoms with E-state index in [9.17, 15) is 4.39 Å². The number of halogens is 1. The molecule has 1 aromatic carbocycles. The van der Waals surface area contributed by atoms with Gasteiger partial charge in [0.25, 0.3) is 0 Å². The average molecular weight is 357 g/mol. The van der Waals surface area contributed by atoms with Gasteiger partial charge in [0.2, 0.25) is 5.95 Å². The predicted molar refractivity (Wildman–Crippen MR) is 103 cm³/mol. The average Bonchev–Trinajstić information content (AvgIpc) is 2.79. The van der Waals surface area contributed by atoms with Gasteiger partial charge in [0, 0.05) is 44.0 Å². The molecule has 2 heterocycles. The summed E-state index contributed by atoms with van der Waals surface area (Å²) in [6, 6.07) is 9.22. The third kappa shape index (κ3) is 4.49. The van der Waals surface area contributed by atoms with Crippen molar-refractivity contribution >= 4 is 11.8 Å². The third-order valence-electron chi connectivity index (χ3n) is 5.00. The number of rotatable bonds is 4. The van der Waals surface area contributed by atoms with Crippen LogP contribution in [0.4, 0.5) is 16.2 Å². The second-order valence-electron chi connectivity index (χ2n) is 7.43. The molecule has 26 heavy (non-hydrogen) atoms. The van der Waals surface area contributed by atoms with E-state index in [0.29, 0.717) is 17.9 Å². The van der Waals surface area contributed by atoms with Crippen LogP contribution in [0.2, 0.25) is 0 Å². The van der Waals surface area contributed by atoms with Crippen LogP contribution in [-0.2, 0) is 6.54 Å². The van der Waals surface area contributed by atoms with Crippen LogP contribution in [0.25, 0.3) is 0 Å². The number of nitrogens with two attached hydrogens (primary N) is 1. The van der Waals surface area contributed by atoms with E-state index >= 15 is 0 Å². The van der Waals surface area contributed by atoms with E-state index in [1.807, 2.05) is 25.1 Å². The van der Waals surface area contributed by atoms with Crippen molar-refractivity contribution in [2.45, 2.75) is 39.8 Å². The fourth-order valence-corrected chi connectivity index (χ4v) is 3.66. The SMILES string of the molecule is Cc1cc(N2CCCN(Cc3ccc(F)cc3)[C@H](C(C)C)C2)nc(N)n1. The summed E-state index contributed by atoms with van der Waals surface area (Å²) in [7, 11) is 0. The Kier molecular flexibility index (Phi) is 5.71. The molecule has 3 rings (SSSR count). The summed E-state index contributed by atoms with van der Waals surface area (Å²) in [4.78, 5) is 13.5. The van der Waals surface area contributed by atoms with Gasteiger partial charge in [0.05, 0.1) is 0 Å². The molecule has 1 aromatic heterocycles. The monoisotopic (exact) mass is 357 g/mol. The van der Waals surface area contributed by atoms with Gasteiger partial charge in [-0.15, -0.1) is 0 Å². The van der Waals surface area contributed by atoms with Crippen molar-refractivity contribution in [3.63, 3.8) is 0 Å². The summed E-state index contributed by atoms with van der Waals surface area (Å²) >= 11 is 0. The van der Waals surface area contributed by atoms with E-state index in [-0.39, 0.29) is 5.82 Å². The Balaban J connectivity index is 1.79. The van der Waals surface area contributed by atoms with Crippen molar-refractivity contribution in [3.05, 3.63) is 47.4 Å². The number of benzene rings is 1. The molecule has 5 nitrogen and oxygen atoms in total. The zero-order chi connectivity index (χ0) is 18.7. The zero-order valence-electron chi connectivity index (χ0n) is 15.8. The Bertz CT molecular complexity index is 711. The van der Waals surface area contributed by atoms with E-state index < -0.39 is 0 Å². The molecule has 0 saturated carbocycles. The fourth-order valence-electron chi connectivity index (χ4n) is 3.66. The standard InChI is InChI=1S/C20H28FN5/c1-14(2)18-13-26(19-11-15(3)23-20(22)24-19)10-4-9-25(18)12-16-5-7-17(21)8-6-16/h5-8,11,14,18H,4,9-10,12-13H2,1-3H3,(H2,22,23,24)/t18-/m0/s1. The highest BCUT2D eigenvalue weighted by atomic mass is 19.1. The first-order chi connectivity index (χ1) is 12.4. The molecule has 1 fully saturated rings. The first kappa shape index (κ1) is 18.6. The molecular formula is C20H28FN5. The van der Waals surface area contributed by atoms with Crippen LogP contribution in [-0.4, -0.2) is 40.5 Å². The van der Waals surface area contributed by atoms with Gasteiger partial charge in [-0.05, 0) is 37.0 Å². The smallest absolute Gasteiger partial charge is 0.222 e. The molecule has 2 aromatic rings. The summed E-state index contributed by atoms with van der Waals surface area (Å²) in [5.74, 6) is 1.54. The molecule has 2 N–H and O–H groups in total. The lowest BCUT2D eigenvalue weighted by Gasteiger charge is -2.35. The molecule has 1 saturated heterocycles. The molecule has 1 atom stereocenters. The lowest BCUT2D eigenvalue weighted by atomic mass is 10.0. The van der Waals surface area contributed by atoms with Gasteiger partial charge in [0.1, 0.15) is 11.6 Å². The summed E-state index contributed by atoms with van der Waals surface area (Å²) < 4.78 is 13.2. The first-order valence-electron chi connectivity index (χ1n) is 9.27. The highest BCUT2D eigenvalue weighted by Gasteiger charge is 2.28. The van der Waals surface area contributed by atoms with Gasteiger partial charge >= 0.3 is 0 Å². The number of anilines is 2. The maximum atomic E-state index is 13.2. The molecule has 0 bridgehead atoms. The fraction of sp³-hybridized carbons (Fsp3) is 0.500. The Morgan fingerprint density at radius 1 is 1.19 bits per heavy atom. The molecular weight excluding hydrogens is 329 g/mol. The number of hydrogen-bond donors (Lipinski definition) is 1. The summed E-state index contributed by atoms with van der Waals surface area (Å²) in [6.45, 7) is 10.1. The Labute approximate surface area is 155 Å². The van der Waals surface area contributed by atoms with Gasteiger partial charge in [-0.2, -0.15) is 4.98 Å². The topological polar surface area (TPSA) is 58.3 Å². The van der Waals surface area contributed by atoms with E-state index in [1.165, 1.54) is 12.1 Å². The van der Waals surface area contributed by atoms with Gasteiger partial charge in [-0.3, -0.25) is 4.90 Å². The van der Waals surface area contributed by atoms with Crippen molar-refractivity contribution in [3.8, 4) is 0 Å².